The number of nitrogens with one attached hydrogen (secondary N) is 1. The highest BCUT2D eigenvalue weighted by Crippen LogP contribution is 2.48. The minimum Gasteiger partial charge on any atom is -0.384 e. The zero-order chi connectivity index (χ0) is 47.0. The molecule has 17 heteroatoms. The Morgan fingerprint density at radius 2 is 1.52 bits per heavy atom. The maximum Gasteiger partial charge on any atom is 0.416 e. The molecule has 1 spiro atoms. The average Bonchev–Trinajstić information content (AvgIpc) is 4.04. The fourth-order valence-corrected chi connectivity index (χ4v) is 10.0. The van der Waals surface area contributed by atoms with E-state index in [0.29, 0.717) is 81.7 Å². The summed E-state index contributed by atoms with van der Waals surface area (Å²) in [4.78, 5) is 46.8. The van der Waals surface area contributed by atoms with Gasteiger partial charge in [-0.2, -0.15) is 26.3 Å². The first kappa shape index (κ1) is 47.0. The minimum atomic E-state index is -5.13. The van der Waals surface area contributed by atoms with Crippen LogP contribution in [0.5, 0.6) is 0 Å². The van der Waals surface area contributed by atoms with Crippen molar-refractivity contribution in [3.05, 3.63) is 135 Å². The number of fused-ring (bicyclic) bond motifs is 3. The highest BCUT2D eigenvalue weighted by molar-refractivity contribution is 5.95. The predicted octanol–water partition coefficient (Wildman–Crippen LogP) is 8.14. The number of amides is 3. The molecule has 4 aromatic rings. The first-order chi connectivity index (χ1) is 31.3. The molecule has 352 valence electrons. The van der Waals surface area contributed by atoms with Gasteiger partial charge in [0.05, 0.1) is 23.8 Å². The van der Waals surface area contributed by atoms with Gasteiger partial charge in [-0.15, -0.1) is 0 Å². The Kier molecular flexibility index (Phi) is 13.3. The van der Waals surface area contributed by atoms with Crippen LogP contribution in [0.2, 0.25) is 0 Å². The summed E-state index contributed by atoms with van der Waals surface area (Å²) >= 11 is 0. The van der Waals surface area contributed by atoms with Gasteiger partial charge in [0.15, 0.2) is 0 Å². The van der Waals surface area contributed by atoms with Crippen LogP contribution in [0, 0.1) is 5.82 Å². The van der Waals surface area contributed by atoms with Crippen molar-refractivity contribution in [2.75, 3.05) is 78.6 Å². The van der Waals surface area contributed by atoms with Crippen molar-refractivity contribution in [2.45, 2.75) is 68.0 Å². The van der Waals surface area contributed by atoms with Gasteiger partial charge in [-0.1, -0.05) is 36.4 Å². The largest absolute Gasteiger partial charge is 0.416 e. The molecule has 0 radical (unpaired) electrons. The molecular formula is C49H52F7N5O5. The van der Waals surface area contributed by atoms with Gasteiger partial charge in [-0.05, 0) is 122 Å². The summed E-state index contributed by atoms with van der Waals surface area (Å²) in [6, 6.07) is 20.2. The monoisotopic (exact) mass is 923 g/mol. The normalized spacial score (nSPS) is 20.3. The molecule has 0 aromatic heterocycles. The zero-order valence-electron chi connectivity index (χ0n) is 36.7. The second kappa shape index (κ2) is 18.6. The first-order valence-corrected chi connectivity index (χ1v) is 22.1. The van der Waals surface area contributed by atoms with Crippen LogP contribution < -0.4 is 5.32 Å². The molecule has 0 unspecified atom stereocenters. The first-order valence-electron chi connectivity index (χ1n) is 22.1. The third-order valence-corrected chi connectivity index (χ3v) is 13.8. The lowest BCUT2D eigenvalue weighted by atomic mass is 9.72. The van der Waals surface area contributed by atoms with Gasteiger partial charge < -0.3 is 34.4 Å². The Hall–Kier alpha value is -5.52. The number of halogens is 7. The van der Waals surface area contributed by atoms with Crippen molar-refractivity contribution in [1.29, 1.82) is 0 Å². The number of nitrogens with zero attached hydrogens (tertiary/aromatic N) is 4. The lowest BCUT2D eigenvalue weighted by Crippen LogP contribution is -2.50. The standard InChI is InChI=1S/C49H52F7N5O5/c1-58(19-5-20-59(2)44(63)34-8-13-41-33(24-34)14-18-57-41)43(62)29-65-42-27-32-6-3-4-7-40(32)46(42)15-21-60(22-16-46)23-17-47(36-9-11-39(50)12-10-36)30-61(31-66-47)45(64)35-25-37(48(51,52)53)28-38(26-35)49(54,55)56/h3-4,6-13,24-26,28,42,57H,5,14-23,27,29-31H2,1-2H3/t42-,47+/m0/s1. The number of alkyl halides is 6. The number of piperidine rings is 1. The number of likely N-dealkylation sites (tertiary alicyclic amines) is 1. The summed E-state index contributed by atoms with van der Waals surface area (Å²) in [6.45, 7) is 2.77. The molecule has 3 heterocycles. The second-order valence-electron chi connectivity index (χ2n) is 17.9. The van der Waals surface area contributed by atoms with Crippen molar-refractivity contribution in [3.8, 4) is 0 Å². The van der Waals surface area contributed by atoms with Gasteiger partial charge in [-0.25, -0.2) is 4.39 Å². The highest BCUT2D eigenvalue weighted by atomic mass is 19.4. The SMILES string of the molecule is CN(CCCN(C)C(=O)c1ccc2c(c1)CCN2)C(=O)CO[C@H]1Cc2ccccc2C12CCN(CC[C@]1(c3ccc(F)cc3)CN(C(=O)c3cc(C(F)(F)F)cc(C(F)(F)F)c3)CO1)CC2. The van der Waals surface area contributed by atoms with E-state index in [1.54, 1.807) is 23.9 Å². The summed E-state index contributed by atoms with van der Waals surface area (Å²) in [6.07, 6.45) is -6.74. The fraction of sp³-hybridized carbons (Fsp3) is 0.449. The van der Waals surface area contributed by atoms with Crippen LogP contribution >= 0.6 is 0 Å². The molecule has 4 aromatic carbocycles. The lowest BCUT2D eigenvalue weighted by molar-refractivity contribution is -0.143. The summed E-state index contributed by atoms with van der Waals surface area (Å²) in [5.74, 6) is -1.81. The Morgan fingerprint density at radius 1 is 0.833 bits per heavy atom. The smallest absolute Gasteiger partial charge is 0.384 e. The Labute approximate surface area is 378 Å². The van der Waals surface area contributed by atoms with E-state index in [1.807, 2.05) is 30.3 Å². The van der Waals surface area contributed by atoms with Crippen molar-refractivity contribution in [2.24, 2.45) is 0 Å². The number of benzene rings is 4. The number of carbonyl (C=O) groups is 3. The highest BCUT2D eigenvalue weighted by Gasteiger charge is 2.50. The summed E-state index contributed by atoms with van der Waals surface area (Å²) in [5, 5.41) is 3.30. The number of hydrogen-bond donors (Lipinski definition) is 1. The van der Waals surface area contributed by atoms with Gasteiger partial charge in [0.1, 0.15) is 24.8 Å². The van der Waals surface area contributed by atoms with Crippen molar-refractivity contribution >= 4 is 23.4 Å². The number of anilines is 1. The van der Waals surface area contributed by atoms with E-state index in [1.165, 1.54) is 29.8 Å². The van der Waals surface area contributed by atoms with E-state index in [2.05, 4.69) is 22.3 Å². The zero-order valence-corrected chi connectivity index (χ0v) is 36.7. The molecule has 0 saturated carbocycles. The van der Waals surface area contributed by atoms with Crippen molar-refractivity contribution in [3.63, 3.8) is 0 Å². The molecule has 3 amide bonds. The van der Waals surface area contributed by atoms with Gasteiger partial charge in [-0.3, -0.25) is 14.4 Å². The van der Waals surface area contributed by atoms with E-state index >= 15 is 0 Å². The molecular weight excluding hydrogens is 872 g/mol. The third kappa shape index (κ3) is 9.79. The van der Waals surface area contributed by atoms with Crippen LogP contribution in [0.25, 0.3) is 0 Å². The van der Waals surface area contributed by atoms with Crippen LogP contribution in [-0.4, -0.2) is 117 Å². The maximum atomic E-state index is 14.1. The number of carbonyl (C=O) groups excluding carboxylic acids is 3. The summed E-state index contributed by atoms with van der Waals surface area (Å²) in [5.41, 5.74) is 0.101. The number of ether oxygens (including phenoxy) is 2. The molecule has 2 fully saturated rings. The van der Waals surface area contributed by atoms with E-state index in [0.717, 1.165) is 34.7 Å². The predicted molar refractivity (Wildman–Crippen MR) is 231 cm³/mol. The van der Waals surface area contributed by atoms with E-state index in [-0.39, 0.29) is 49.0 Å². The lowest BCUT2D eigenvalue weighted by Gasteiger charge is -2.44. The second-order valence-corrected chi connectivity index (χ2v) is 17.9. The van der Waals surface area contributed by atoms with Crippen LogP contribution in [-0.2, 0) is 50.5 Å². The molecule has 4 aliphatic rings. The molecule has 8 rings (SSSR count). The number of rotatable bonds is 13. The Balaban J connectivity index is 0.887. The average molecular weight is 924 g/mol. The van der Waals surface area contributed by atoms with Gasteiger partial charge in [0, 0.05) is 62.5 Å². The molecule has 1 aliphatic carbocycles. The maximum absolute atomic E-state index is 14.1. The van der Waals surface area contributed by atoms with Crippen LogP contribution in [0.1, 0.15) is 79.8 Å². The Bertz CT molecular complexity index is 2410. The quantitative estimate of drug-likeness (QED) is 0.136. The molecule has 66 heavy (non-hydrogen) atoms. The minimum absolute atomic E-state index is 0.0251. The summed E-state index contributed by atoms with van der Waals surface area (Å²) < 4.78 is 109. The van der Waals surface area contributed by atoms with E-state index < -0.39 is 53.1 Å². The van der Waals surface area contributed by atoms with Crippen LogP contribution in [0.15, 0.2) is 84.9 Å². The van der Waals surface area contributed by atoms with Crippen molar-refractivity contribution in [1.82, 2.24) is 19.6 Å². The Morgan fingerprint density at radius 3 is 2.21 bits per heavy atom. The topological polar surface area (TPSA) is 94.7 Å². The molecule has 2 atom stereocenters. The molecule has 2 saturated heterocycles. The van der Waals surface area contributed by atoms with Crippen molar-refractivity contribution < 1.29 is 54.6 Å². The van der Waals surface area contributed by atoms with E-state index in [9.17, 15) is 45.1 Å². The molecule has 10 nitrogen and oxygen atoms in total. The van der Waals surface area contributed by atoms with Crippen LogP contribution in [0.4, 0.5) is 36.4 Å². The van der Waals surface area contributed by atoms with Gasteiger partial charge in [0.2, 0.25) is 5.91 Å². The number of likely N-dealkylation sites (N-methyl/N-ethyl adjacent to an activating group) is 1. The molecule has 3 aliphatic heterocycles. The fourth-order valence-electron chi connectivity index (χ4n) is 10.0. The van der Waals surface area contributed by atoms with E-state index in [4.69, 9.17) is 9.47 Å². The molecule has 1 N–H and O–H groups in total. The van der Waals surface area contributed by atoms with Gasteiger partial charge in [0.25, 0.3) is 11.8 Å². The van der Waals surface area contributed by atoms with Gasteiger partial charge >= 0.3 is 12.4 Å². The molecule has 0 bridgehead atoms. The van der Waals surface area contributed by atoms with Crippen LogP contribution in [0.3, 0.4) is 0 Å². The third-order valence-electron chi connectivity index (χ3n) is 13.8. The summed E-state index contributed by atoms with van der Waals surface area (Å²) in [7, 11) is 3.49. The number of hydrogen-bond acceptors (Lipinski definition) is 7.